The second-order valence-electron chi connectivity index (χ2n) is 9.93. The standard InChI is InChI=1S/C26H33N3O2Si/c1-7-28(8-2)26(31)19-14-21-20-10-9-11-22-25(20)18(15-23(21)27(3)16-19)17-29(22)24(30)12-13-32(4,5)6/h9-11,14,17,19,23H,7-8,15-16H2,1-6H3/t19-,23-/m1/s1. The van der Waals surface area contributed by atoms with Gasteiger partial charge in [0.2, 0.25) is 5.91 Å². The summed E-state index contributed by atoms with van der Waals surface area (Å²) in [7, 11) is 0.468. The Balaban J connectivity index is 1.80. The number of carbonyl (C=O) groups is 2. The van der Waals surface area contributed by atoms with Crippen molar-refractivity contribution >= 4 is 36.4 Å². The SMILES string of the molecule is CCN(CC)C(=O)[C@@H]1C=C2c3cccc4c3c(cn4C(=O)C#C[Si](C)(C)C)C[C@H]2N(C)C1. The molecule has 2 heterocycles. The van der Waals surface area contributed by atoms with Gasteiger partial charge in [0.05, 0.1) is 11.4 Å². The lowest BCUT2D eigenvalue weighted by Gasteiger charge is -2.40. The first kappa shape index (κ1) is 22.6. The number of likely N-dealkylation sites (N-methyl/N-ethyl adjacent to an activating group) is 1. The van der Waals surface area contributed by atoms with Gasteiger partial charge in [0.15, 0.2) is 0 Å². The molecule has 0 bridgehead atoms. The number of nitrogens with zero attached hydrogens (tertiary/aromatic N) is 3. The van der Waals surface area contributed by atoms with Crippen LogP contribution < -0.4 is 0 Å². The van der Waals surface area contributed by atoms with E-state index in [2.05, 4.69) is 55.2 Å². The van der Waals surface area contributed by atoms with E-state index in [0.29, 0.717) is 0 Å². The maximum Gasteiger partial charge on any atom is 0.306 e. The van der Waals surface area contributed by atoms with Crippen molar-refractivity contribution in [2.75, 3.05) is 26.7 Å². The van der Waals surface area contributed by atoms with E-state index in [1.54, 1.807) is 4.57 Å². The van der Waals surface area contributed by atoms with Crippen molar-refractivity contribution in [3.63, 3.8) is 0 Å². The summed E-state index contributed by atoms with van der Waals surface area (Å²) in [6.45, 7) is 12.7. The summed E-state index contributed by atoms with van der Waals surface area (Å²) in [4.78, 5) is 30.3. The van der Waals surface area contributed by atoms with Crippen LogP contribution in [0.25, 0.3) is 16.5 Å². The van der Waals surface area contributed by atoms with Crippen molar-refractivity contribution in [2.45, 2.75) is 46.0 Å². The predicted molar refractivity (Wildman–Crippen MR) is 133 cm³/mol. The van der Waals surface area contributed by atoms with Crippen molar-refractivity contribution in [2.24, 2.45) is 5.92 Å². The molecule has 1 aliphatic heterocycles. The van der Waals surface area contributed by atoms with E-state index < -0.39 is 8.07 Å². The summed E-state index contributed by atoms with van der Waals surface area (Å²) in [6.07, 6.45) is 5.00. The van der Waals surface area contributed by atoms with Gasteiger partial charge in [-0.1, -0.05) is 37.8 Å². The number of aromatic nitrogens is 1. The van der Waals surface area contributed by atoms with Gasteiger partial charge in [0.1, 0.15) is 8.07 Å². The second-order valence-corrected chi connectivity index (χ2v) is 14.7. The quantitative estimate of drug-likeness (QED) is 0.530. The molecule has 2 aromatic rings. The van der Waals surface area contributed by atoms with Gasteiger partial charge in [-0.25, -0.2) is 0 Å². The van der Waals surface area contributed by atoms with E-state index in [4.69, 9.17) is 0 Å². The van der Waals surface area contributed by atoms with Crippen molar-refractivity contribution in [1.82, 2.24) is 14.4 Å². The molecular weight excluding hydrogens is 414 g/mol. The zero-order valence-corrected chi connectivity index (χ0v) is 21.0. The minimum atomic E-state index is -1.64. The fraction of sp³-hybridized carbons (Fsp3) is 0.462. The van der Waals surface area contributed by atoms with Crippen LogP contribution in [-0.4, -0.2) is 67.0 Å². The number of rotatable bonds is 3. The minimum absolute atomic E-state index is 0.144. The van der Waals surface area contributed by atoms with Gasteiger partial charge in [0.25, 0.3) is 0 Å². The van der Waals surface area contributed by atoms with Crippen LogP contribution in [0, 0.1) is 17.4 Å². The highest BCUT2D eigenvalue weighted by Gasteiger charge is 2.37. The van der Waals surface area contributed by atoms with Gasteiger partial charge in [-0.2, -0.15) is 0 Å². The summed E-state index contributed by atoms with van der Waals surface area (Å²) in [5, 5.41) is 1.13. The molecule has 1 aliphatic carbocycles. The van der Waals surface area contributed by atoms with Crippen molar-refractivity contribution in [3.05, 3.63) is 41.6 Å². The Morgan fingerprint density at radius 2 is 1.91 bits per heavy atom. The van der Waals surface area contributed by atoms with E-state index in [-0.39, 0.29) is 23.8 Å². The van der Waals surface area contributed by atoms with Crippen molar-refractivity contribution < 1.29 is 9.59 Å². The first-order chi connectivity index (χ1) is 15.1. The lowest BCUT2D eigenvalue weighted by molar-refractivity contribution is -0.134. The summed E-state index contributed by atoms with van der Waals surface area (Å²) >= 11 is 0. The molecule has 4 rings (SSSR count). The first-order valence-electron chi connectivity index (χ1n) is 11.6. The Morgan fingerprint density at radius 1 is 1.19 bits per heavy atom. The second kappa shape index (κ2) is 8.38. The molecule has 0 unspecified atom stereocenters. The molecule has 0 saturated carbocycles. The lowest BCUT2D eigenvalue weighted by atomic mass is 9.79. The highest BCUT2D eigenvalue weighted by Crippen LogP contribution is 2.41. The predicted octanol–water partition coefficient (Wildman–Crippen LogP) is 3.90. The number of hydrogen-bond acceptors (Lipinski definition) is 3. The van der Waals surface area contributed by atoms with E-state index in [1.165, 1.54) is 11.1 Å². The molecule has 168 valence electrons. The topological polar surface area (TPSA) is 45.6 Å². The van der Waals surface area contributed by atoms with E-state index >= 15 is 0 Å². The van der Waals surface area contributed by atoms with Gasteiger partial charge in [-0.05, 0) is 56.0 Å². The third kappa shape index (κ3) is 3.96. The molecule has 0 radical (unpaired) electrons. The van der Waals surface area contributed by atoms with E-state index in [1.807, 2.05) is 37.1 Å². The highest BCUT2D eigenvalue weighted by molar-refractivity contribution is 6.84. The Hall–Kier alpha value is -2.62. The molecule has 6 heteroatoms. The normalized spacial score (nSPS) is 20.2. The van der Waals surface area contributed by atoms with Crippen LogP contribution in [0.1, 0.15) is 29.8 Å². The summed E-state index contributed by atoms with van der Waals surface area (Å²) in [6, 6.07) is 6.36. The Morgan fingerprint density at radius 3 is 2.56 bits per heavy atom. The van der Waals surface area contributed by atoms with Gasteiger partial charge in [-0.15, -0.1) is 5.54 Å². The fourth-order valence-corrected chi connectivity index (χ4v) is 5.43. The van der Waals surface area contributed by atoms with E-state index in [9.17, 15) is 9.59 Å². The Kier molecular flexibility index (Phi) is 5.91. The number of hydrogen-bond donors (Lipinski definition) is 0. The molecule has 5 nitrogen and oxygen atoms in total. The van der Waals surface area contributed by atoms with Crippen LogP contribution in [-0.2, 0) is 11.2 Å². The molecule has 1 aromatic heterocycles. The van der Waals surface area contributed by atoms with Crippen LogP contribution in [0.15, 0.2) is 30.5 Å². The third-order valence-electron chi connectivity index (χ3n) is 6.54. The minimum Gasteiger partial charge on any atom is -0.343 e. The maximum absolute atomic E-state index is 13.1. The van der Waals surface area contributed by atoms with Crippen LogP contribution in [0.4, 0.5) is 0 Å². The molecule has 2 aliphatic rings. The molecule has 0 fully saturated rings. The molecule has 32 heavy (non-hydrogen) atoms. The van der Waals surface area contributed by atoms with Crippen LogP contribution >= 0.6 is 0 Å². The van der Waals surface area contributed by atoms with Crippen LogP contribution in [0.5, 0.6) is 0 Å². The summed E-state index contributed by atoms with van der Waals surface area (Å²) < 4.78 is 1.72. The molecule has 0 saturated heterocycles. The van der Waals surface area contributed by atoms with Gasteiger partial charge < -0.3 is 4.90 Å². The highest BCUT2D eigenvalue weighted by atomic mass is 28.3. The smallest absolute Gasteiger partial charge is 0.306 e. The molecule has 0 N–H and O–H groups in total. The Labute approximate surface area is 192 Å². The number of benzene rings is 1. The largest absolute Gasteiger partial charge is 0.343 e. The zero-order valence-electron chi connectivity index (χ0n) is 20.0. The molecule has 2 atom stereocenters. The van der Waals surface area contributed by atoms with E-state index in [0.717, 1.165) is 42.5 Å². The zero-order chi connectivity index (χ0) is 23.2. The monoisotopic (exact) mass is 447 g/mol. The average Bonchev–Trinajstić information content (AvgIpc) is 3.13. The number of amides is 1. The molecule has 0 spiro atoms. The Bertz CT molecular complexity index is 1170. The summed E-state index contributed by atoms with van der Waals surface area (Å²) in [5.74, 6) is 2.77. The third-order valence-corrected chi connectivity index (χ3v) is 7.42. The van der Waals surface area contributed by atoms with Gasteiger partial charge in [0, 0.05) is 37.3 Å². The molecule has 1 amide bonds. The molecule has 1 aromatic carbocycles. The van der Waals surface area contributed by atoms with Gasteiger partial charge in [-0.3, -0.25) is 19.1 Å². The summed E-state index contributed by atoms with van der Waals surface area (Å²) in [5.41, 5.74) is 7.64. The molecular formula is C26H33N3O2Si. The fourth-order valence-electron chi connectivity index (χ4n) is 4.95. The number of carbonyl (C=O) groups excluding carboxylic acids is 2. The number of fused-ring (bicyclic) bond motifs is 2. The van der Waals surface area contributed by atoms with Crippen molar-refractivity contribution in [3.8, 4) is 11.5 Å². The average molecular weight is 448 g/mol. The lowest BCUT2D eigenvalue weighted by Crippen LogP contribution is -2.47. The van der Waals surface area contributed by atoms with Crippen molar-refractivity contribution in [1.29, 1.82) is 0 Å². The first-order valence-corrected chi connectivity index (χ1v) is 15.1. The van der Waals surface area contributed by atoms with Crippen LogP contribution in [0.3, 0.4) is 0 Å². The van der Waals surface area contributed by atoms with Gasteiger partial charge >= 0.3 is 5.91 Å². The van der Waals surface area contributed by atoms with Crippen LogP contribution in [0.2, 0.25) is 19.6 Å². The maximum atomic E-state index is 13.1.